The number of aryl methyl sites for hydroxylation is 1. The highest BCUT2D eigenvalue weighted by molar-refractivity contribution is 7.98. The van der Waals surface area contributed by atoms with Gasteiger partial charge in [-0.05, 0) is 54.6 Å². The Morgan fingerprint density at radius 1 is 1.25 bits per heavy atom. The van der Waals surface area contributed by atoms with Crippen LogP contribution in [-0.4, -0.2) is 29.5 Å². The van der Waals surface area contributed by atoms with E-state index in [0.717, 1.165) is 24.5 Å². The number of methoxy groups -OCH3 is 1. The van der Waals surface area contributed by atoms with Crippen LogP contribution >= 0.6 is 24.0 Å². The Hall–Kier alpha value is -1.79. The molecule has 4 nitrogen and oxygen atoms in total. The van der Waals surface area contributed by atoms with Crippen molar-refractivity contribution in [2.24, 2.45) is 0 Å². The number of rotatable bonds is 8. The number of benzene rings is 1. The lowest BCUT2D eigenvalue weighted by atomic mass is 10.1. The minimum Gasteiger partial charge on any atom is -0.493 e. The van der Waals surface area contributed by atoms with E-state index in [2.05, 4.69) is 46.8 Å². The average molecular weight is 362 g/mol. The van der Waals surface area contributed by atoms with E-state index in [1.807, 2.05) is 23.9 Å². The molecule has 0 unspecified atom stereocenters. The van der Waals surface area contributed by atoms with Gasteiger partial charge in [0, 0.05) is 18.5 Å². The lowest BCUT2D eigenvalue weighted by Crippen LogP contribution is -2.30. The summed E-state index contributed by atoms with van der Waals surface area (Å²) in [4.78, 5) is 4.22. The molecule has 2 N–H and O–H groups in total. The number of pyridine rings is 1. The monoisotopic (exact) mass is 361 g/mol. The highest BCUT2D eigenvalue weighted by Crippen LogP contribution is 2.19. The molecule has 0 aliphatic heterocycles. The second-order valence-electron chi connectivity index (χ2n) is 5.27. The summed E-state index contributed by atoms with van der Waals surface area (Å²) >= 11 is 7.24. The molecule has 6 heteroatoms. The third-order valence-corrected chi connectivity index (χ3v) is 4.83. The van der Waals surface area contributed by atoms with E-state index in [1.165, 1.54) is 11.1 Å². The van der Waals surface area contributed by atoms with Crippen LogP contribution in [-0.2, 0) is 5.75 Å². The van der Waals surface area contributed by atoms with Crippen molar-refractivity contribution >= 4 is 34.9 Å². The summed E-state index contributed by atoms with van der Waals surface area (Å²) in [6.45, 7) is 3.00. The molecular weight excluding hydrogens is 338 g/mol. The van der Waals surface area contributed by atoms with Crippen molar-refractivity contribution in [1.82, 2.24) is 10.3 Å². The summed E-state index contributed by atoms with van der Waals surface area (Å²) in [7, 11) is 1.62. The van der Waals surface area contributed by atoms with Crippen LogP contribution in [0, 0.1) is 6.92 Å². The number of nitrogens with one attached hydrogen (secondary N) is 2. The number of hydrogen-bond donors (Lipinski definition) is 2. The van der Waals surface area contributed by atoms with Gasteiger partial charge < -0.3 is 15.4 Å². The molecule has 0 aliphatic rings. The zero-order valence-corrected chi connectivity index (χ0v) is 15.7. The van der Waals surface area contributed by atoms with Gasteiger partial charge in [-0.25, -0.2) is 4.98 Å². The van der Waals surface area contributed by atoms with Crippen LogP contribution in [0.3, 0.4) is 0 Å². The largest absolute Gasteiger partial charge is 0.493 e. The topological polar surface area (TPSA) is 46.2 Å². The number of thiocarbonyl (C=S) groups is 1. The van der Waals surface area contributed by atoms with Crippen molar-refractivity contribution in [2.75, 3.05) is 24.7 Å². The molecule has 2 rings (SSSR count). The van der Waals surface area contributed by atoms with Gasteiger partial charge in [0.1, 0.15) is 0 Å². The molecule has 0 fully saturated rings. The fourth-order valence-corrected chi connectivity index (χ4v) is 3.37. The maximum absolute atomic E-state index is 5.29. The minimum atomic E-state index is 0.566. The molecule has 128 valence electrons. The smallest absolute Gasteiger partial charge is 0.174 e. The summed E-state index contributed by atoms with van der Waals surface area (Å²) < 4.78 is 5.24. The predicted molar refractivity (Wildman–Crippen MR) is 107 cm³/mol. The molecule has 0 aliphatic carbocycles. The summed E-state index contributed by atoms with van der Waals surface area (Å²) in [5, 5.41) is 6.83. The Bertz CT molecular complexity index is 664. The van der Waals surface area contributed by atoms with E-state index in [-0.39, 0.29) is 0 Å². The fraction of sp³-hybridized carbons (Fsp3) is 0.333. The summed E-state index contributed by atoms with van der Waals surface area (Å²) in [5.74, 6) is 3.46. The van der Waals surface area contributed by atoms with Crippen molar-refractivity contribution < 1.29 is 4.74 Å². The molecule has 0 radical (unpaired) electrons. The molecule has 0 saturated carbocycles. The van der Waals surface area contributed by atoms with Crippen LogP contribution in [0.25, 0.3) is 0 Å². The van der Waals surface area contributed by atoms with Crippen LogP contribution in [0.2, 0.25) is 0 Å². The second-order valence-corrected chi connectivity index (χ2v) is 6.78. The molecule has 0 atom stereocenters. The normalized spacial score (nSPS) is 10.2. The first kappa shape index (κ1) is 18.5. The van der Waals surface area contributed by atoms with E-state index in [0.29, 0.717) is 16.7 Å². The van der Waals surface area contributed by atoms with Crippen molar-refractivity contribution in [3.8, 4) is 5.75 Å². The number of aromatic nitrogens is 1. The van der Waals surface area contributed by atoms with Gasteiger partial charge in [-0.1, -0.05) is 24.3 Å². The number of ether oxygens (including phenoxy) is 1. The van der Waals surface area contributed by atoms with Gasteiger partial charge in [0.05, 0.1) is 7.11 Å². The quantitative estimate of drug-likeness (QED) is 0.547. The number of thioether (sulfide) groups is 1. The molecule has 1 aromatic carbocycles. The Balaban J connectivity index is 1.62. The van der Waals surface area contributed by atoms with Crippen LogP contribution in [0.15, 0.2) is 42.6 Å². The highest BCUT2D eigenvalue weighted by atomic mass is 32.2. The fourth-order valence-electron chi connectivity index (χ4n) is 2.13. The van der Waals surface area contributed by atoms with Gasteiger partial charge >= 0.3 is 0 Å². The Kier molecular flexibility index (Phi) is 7.85. The summed E-state index contributed by atoms with van der Waals surface area (Å²) in [6, 6.07) is 12.2. The van der Waals surface area contributed by atoms with E-state index in [1.54, 1.807) is 13.3 Å². The third-order valence-electron chi connectivity index (χ3n) is 3.49. The molecular formula is C18H23N3OS2. The maximum atomic E-state index is 5.29. The van der Waals surface area contributed by atoms with Crippen LogP contribution in [0.5, 0.6) is 5.75 Å². The van der Waals surface area contributed by atoms with Crippen molar-refractivity contribution in [3.05, 3.63) is 53.7 Å². The molecule has 0 bridgehead atoms. The molecule has 0 spiro atoms. The second kappa shape index (κ2) is 10.2. The lowest BCUT2D eigenvalue weighted by molar-refractivity contribution is 0.415. The third kappa shape index (κ3) is 6.02. The molecule has 1 heterocycles. The van der Waals surface area contributed by atoms with E-state index >= 15 is 0 Å². The lowest BCUT2D eigenvalue weighted by Gasteiger charge is -2.12. The van der Waals surface area contributed by atoms with Gasteiger partial charge in [-0.3, -0.25) is 0 Å². The Morgan fingerprint density at radius 3 is 2.88 bits per heavy atom. The predicted octanol–water partition coefficient (Wildman–Crippen LogP) is 4.01. The number of nitrogens with zero attached hydrogens (tertiary/aromatic N) is 1. The molecule has 0 amide bonds. The van der Waals surface area contributed by atoms with Gasteiger partial charge in [-0.2, -0.15) is 11.8 Å². The molecule has 0 saturated heterocycles. The zero-order valence-electron chi connectivity index (χ0n) is 14.0. The minimum absolute atomic E-state index is 0.566. The number of anilines is 1. The van der Waals surface area contributed by atoms with Crippen molar-refractivity contribution in [3.63, 3.8) is 0 Å². The van der Waals surface area contributed by atoms with Gasteiger partial charge in [0.2, 0.25) is 0 Å². The van der Waals surface area contributed by atoms with E-state index in [4.69, 9.17) is 17.0 Å². The maximum Gasteiger partial charge on any atom is 0.174 e. The van der Waals surface area contributed by atoms with Gasteiger partial charge in [0.25, 0.3) is 0 Å². The van der Waals surface area contributed by atoms with Gasteiger partial charge in [-0.15, -0.1) is 0 Å². The first-order chi connectivity index (χ1) is 11.7. The first-order valence-corrected chi connectivity index (χ1v) is 9.43. The van der Waals surface area contributed by atoms with Crippen LogP contribution < -0.4 is 15.4 Å². The SMILES string of the molecule is COc1cccnc1NC(=S)NCCCSCc1ccccc1C. The van der Waals surface area contributed by atoms with Crippen LogP contribution in [0.1, 0.15) is 17.5 Å². The van der Waals surface area contributed by atoms with E-state index < -0.39 is 0 Å². The van der Waals surface area contributed by atoms with Crippen molar-refractivity contribution in [1.29, 1.82) is 0 Å². The van der Waals surface area contributed by atoms with Crippen molar-refractivity contribution in [2.45, 2.75) is 19.1 Å². The van der Waals surface area contributed by atoms with Gasteiger partial charge in [0.15, 0.2) is 16.7 Å². The Morgan fingerprint density at radius 2 is 2.08 bits per heavy atom. The molecule has 24 heavy (non-hydrogen) atoms. The van der Waals surface area contributed by atoms with Crippen LogP contribution in [0.4, 0.5) is 5.82 Å². The highest BCUT2D eigenvalue weighted by Gasteiger charge is 2.04. The molecule has 1 aromatic heterocycles. The molecule has 2 aromatic rings. The Labute approximate surface area is 153 Å². The standard InChI is InChI=1S/C18H23N3OS2/c1-14-7-3-4-8-15(14)13-24-12-6-11-20-18(23)21-17-16(22-2)9-5-10-19-17/h3-5,7-10H,6,11-13H2,1-2H3,(H2,19,20,21,23). The zero-order chi connectivity index (χ0) is 17.2. The van der Waals surface area contributed by atoms with E-state index in [9.17, 15) is 0 Å². The average Bonchev–Trinajstić information content (AvgIpc) is 2.60. The summed E-state index contributed by atoms with van der Waals surface area (Å²) in [5.41, 5.74) is 2.77. The summed E-state index contributed by atoms with van der Waals surface area (Å²) in [6.07, 6.45) is 2.76. The first-order valence-electron chi connectivity index (χ1n) is 7.87. The number of hydrogen-bond acceptors (Lipinski definition) is 4.